The third-order valence-electron chi connectivity index (χ3n) is 3.91. The molecule has 1 aliphatic rings. The van der Waals surface area contributed by atoms with Gasteiger partial charge in [0, 0.05) is 10.6 Å². The molecule has 1 heterocycles. The Morgan fingerprint density at radius 2 is 2.12 bits per heavy atom. The first-order chi connectivity index (χ1) is 11.7. The van der Waals surface area contributed by atoms with Crippen molar-refractivity contribution in [3.05, 3.63) is 59.7 Å². The zero-order valence-corrected chi connectivity index (χ0v) is 14.6. The summed E-state index contributed by atoms with van der Waals surface area (Å²) < 4.78 is 5.64. The van der Waals surface area contributed by atoms with E-state index in [1.807, 2.05) is 55.1 Å². The van der Waals surface area contributed by atoms with E-state index in [-0.39, 0.29) is 12.1 Å². The molecule has 0 saturated heterocycles. The molecule has 5 heteroatoms. The second kappa shape index (κ2) is 8.11. The lowest BCUT2D eigenvalue weighted by atomic mass is 10.0. The van der Waals surface area contributed by atoms with Crippen molar-refractivity contribution in [3.8, 4) is 5.75 Å². The van der Waals surface area contributed by atoms with Crippen molar-refractivity contribution in [3.63, 3.8) is 0 Å². The van der Waals surface area contributed by atoms with Gasteiger partial charge in [0.15, 0.2) is 0 Å². The van der Waals surface area contributed by atoms with Crippen LogP contribution in [0.2, 0.25) is 0 Å². The third-order valence-corrected chi connectivity index (χ3v) is 5.03. The lowest BCUT2D eigenvalue weighted by Crippen LogP contribution is -2.40. The molecule has 126 valence electrons. The van der Waals surface area contributed by atoms with Crippen LogP contribution in [-0.2, 0) is 0 Å². The van der Waals surface area contributed by atoms with Gasteiger partial charge in [-0.3, -0.25) is 0 Å². The molecule has 3 rings (SSSR count). The minimum absolute atomic E-state index is 0.0835. The van der Waals surface area contributed by atoms with Crippen LogP contribution in [0.3, 0.4) is 0 Å². The summed E-state index contributed by atoms with van der Waals surface area (Å²) in [5.41, 5.74) is 2.37. The van der Waals surface area contributed by atoms with Crippen molar-refractivity contribution in [2.75, 3.05) is 18.9 Å². The molecule has 0 fully saturated rings. The van der Waals surface area contributed by atoms with Crippen LogP contribution in [0.15, 0.2) is 53.4 Å². The van der Waals surface area contributed by atoms with E-state index in [1.54, 1.807) is 0 Å². The number of hydrogen-bond donors (Lipinski definition) is 2. The average molecular weight is 342 g/mol. The molecule has 0 bridgehead atoms. The van der Waals surface area contributed by atoms with Crippen LogP contribution in [-0.4, -0.2) is 24.9 Å². The van der Waals surface area contributed by atoms with Gasteiger partial charge in [-0.05, 0) is 42.7 Å². The normalized spacial score (nSPS) is 16.1. The number of ether oxygens (including phenoxy) is 1. The minimum Gasteiger partial charge on any atom is -0.492 e. The van der Waals surface area contributed by atoms with Crippen LogP contribution in [0.1, 0.15) is 23.6 Å². The number of amides is 2. The quantitative estimate of drug-likeness (QED) is 0.810. The Kier molecular flexibility index (Phi) is 5.64. The number of thioether (sulfide) groups is 1. The van der Waals surface area contributed by atoms with E-state index in [1.165, 1.54) is 10.5 Å². The highest BCUT2D eigenvalue weighted by molar-refractivity contribution is 7.99. The second-order valence-corrected chi connectivity index (χ2v) is 6.93. The number of urea groups is 1. The maximum Gasteiger partial charge on any atom is 0.315 e. The first kappa shape index (κ1) is 16.7. The summed E-state index contributed by atoms with van der Waals surface area (Å²) in [6.07, 6.45) is 0.953. The Balaban J connectivity index is 1.43. The maximum atomic E-state index is 12.1. The van der Waals surface area contributed by atoms with Gasteiger partial charge in [-0.1, -0.05) is 30.3 Å². The number of rotatable bonds is 5. The lowest BCUT2D eigenvalue weighted by molar-refractivity contribution is 0.232. The van der Waals surface area contributed by atoms with Crippen molar-refractivity contribution in [2.24, 2.45) is 0 Å². The zero-order valence-electron chi connectivity index (χ0n) is 13.7. The number of nitrogens with one attached hydrogen (secondary N) is 2. The predicted molar refractivity (Wildman–Crippen MR) is 97.7 cm³/mol. The van der Waals surface area contributed by atoms with Gasteiger partial charge >= 0.3 is 6.03 Å². The maximum absolute atomic E-state index is 12.1. The minimum atomic E-state index is -0.144. The highest BCUT2D eigenvalue weighted by atomic mass is 32.2. The van der Waals surface area contributed by atoms with E-state index in [0.717, 1.165) is 23.5 Å². The Morgan fingerprint density at radius 1 is 1.25 bits per heavy atom. The van der Waals surface area contributed by atoms with Crippen molar-refractivity contribution >= 4 is 17.8 Å². The second-order valence-electron chi connectivity index (χ2n) is 5.79. The molecular weight excluding hydrogens is 320 g/mol. The van der Waals surface area contributed by atoms with Gasteiger partial charge in [-0.2, -0.15) is 0 Å². The average Bonchev–Trinajstić information content (AvgIpc) is 2.59. The van der Waals surface area contributed by atoms with Gasteiger partial charge in [0.1, 0.15) is 12.4 Å². The summed E-state index contributed by atoms with van der Waals surface area (Å²) >= 11 is 1.85. The highest BCUT2D eigenvalue weighted by Gasteiger charge is 2.21. The fourth-order valence-corrected chi connectivity index (χ4v) is 3.87. The number of benzene rings is 2. The van der Waals surface area contributed by atoms with Gasteiger partial charge in [-0.15, -0.1) is 11.8 Å². The van der Waals surface area contributed by atoms with Gasteiger partial charge in [-0.25, -0.2) is 4.79 Å². The van der Waals surface area contributed by atoms with Crippen LogP contribution in [0, 0.1) is 6.92 Å². The number of hydrogen-bond acceptors (Lipinski definition) is 3. The van der Waals surface area contributed by atoms with Crippen molar-refractivity contribution in [1.29, 1.82) is 0 Å². The Hall–Kier alpha value is -2.14. The fraction of sp³-hybridized carbons (Fsp3) is 0.316. The molecule has 1 unspecified atom stereocenters. The van der Waals surface area contributed by atoms with E-state index >= 15 is 0 Å². The summed E-state index contributed by atoms with van der Waals surface area (Å²) in [5, 5.41) is 5.93. The molecule has 24 heavy (non-hydrogen) atoms. The van der Waals surface area contributed by atoms with Crippen LogP contribution >= 0.6 is 11.8 Å². The summed E-state index contributed by atoms with van der Waals surface area (Å²) in [4.78, 5) is 13.4. The molecule has 0 saturated carbocycles. The number of fused-ring (bicyclic) bond motifs is 1. The monoisotopic (exact) mass is 342 g/mol. The van der Waals surface area contributed by atoms with E-state index in [2.05, 4.69) is 22.8 Å². The Bertz CT molecular complexity index is 705. The molecule has 4 nitrogen and oxygen atoms in total. The van der Waals surface area contributed by atoms with E-state index in [4.69, 9.17) is 4.74 Å². The largest absolute Gasteiger partial charge is 0.492 e. The summed E-state index contributed by atoms with van der Waals surface area (Å²) in [6, 6.07) is 16.1. The topological polar surface area (TPSA) is 50.4 Å². The smallest absolute Gasteiger partial charge is 0.315 e. The molecule has 1 aliphatic heterocycles. The van der Waals surface area contributed by atoms with E-state index in [0.29, 0.717) is 13.2 Å². The first-order valence-electron chi connectivity index (χ1n) is 8.18. The molecule has 0 radical (unpaired) electrons. The van der Waals surface area contributed by atoms with E-state index in [9.17, 15) is 4.79 Å². The predicted octanol–water partition coefficient (Wildman–Crippen LogP) is 3.91. The molecule has 0 spiro atoms. The standard InChI is InChI=1S/C19H22N2O2S/c1-14-5-4-6-15(13-14)23-11-10-20-19(22)21-17-9-12-24-18-8-3-2-7-16(17)18/h2-8,13,17H,9-12H2,1H3,(H2,20,21,22). The SMILES string of the molecule is Cc1cccc(OCCNC(=O)NC2CCSc3ccccc32)c1. The first-order valence-corrected chi connectivity index (χ1v) is 9.16. The number of aryl methyl sites for hydroxylation is 1. The van der Waals surface area contributed by atoms with Gasteiger partial charge in [0.25, 0.3) is 0 Å². The summed E-state index contributed by atoms with van der Waals surface area (Å²) in [7, 11) is 0. The van der Waals surface area contributed by atoms with E-state index < -0.39 is 0 Å². The Morgan fingerprint density at radius 3 is 3.00 bits per heavy atom. The fourth-order valence-electron chi connectivity index (χ4n) is 2.74. The van der Waals surface area contributed by atoms with Crippen LogP contribution in [0.4, 0.5) is 4.79 Å². The van der Waals surface area contributed by atoms with Crippen LogP contribution in [0.5, 0.6) is 5.75 Å². The molecule has 0 aliphatic carbocycles. The molecule has 1 atom stereocenters. The van der Waals surface area contributed by atoms with Gasteiger partial charge in [0.2, 0.25) is 0 Å². The summed E-state index contributed by atoms with van der Waals surface area (Å²) in [6.45, 7) is 2.95. The van der Waals surface area contributed by atoms with Gasteiger partial charge in [0.05, 0.1) is 12.6 Å². The van der Waals surface area contributed by atoms with Crippen molar-refractivity contribution in [1.82, 2.24) is 10.6 Å². The third kappa shape index (κ3) is 4.45. The lowest BCUT2D eigenvalue weighted by Gasteiger charge is -2.25. The summed E-state index contributed by atoms with van der Waals surface area (Å²) in [5.74, 6) is 1.86. The van der Waals surface area contributed by atoms with Gasteiger partial charge < -0.3 is 15.4 Å². The van der Waals surface area contributed by atoms with Crippen LogP contribution in [0.25, 0.3) is 0 Å². The Labute approximate surface area is 147 Å². The van der Waals surface area contributed by atoms with Crippen molar-refractivity contribution in [2.45, 2.75) is 24.3 Å². The molecule has 2 aromatic rings. The van der Waals surface area contributed by atoms with Crippen molar-refractivity contribution < 1.29 is 9.53 Å². The molecule has 2 aromatic carbocycles. The molecule has 0 aromatic heterocycles. The molecule has 2 amide bonds. The van der Waals surface area contributed by atoms with Crippen LogP contribution < -0.4 is 15.4 Å². The molecular formula is C19H22N2O2S. The zero-order chi connectivity index (χ0) is 16.8. The number of carbonyl (C=O) groups excluding carboxylic acids is 1. The number of carbonyl (C=O) groups is 1. The molecule has 2 N–H and O–H groups in total. The highest BCUT2D eigenvalue weighted by Crippen LogP contribution is 2.35.